The van der Waals surface area contributed by atoms with Crippen molar-refractivity contribution in [3.63, 3.8) is 0 Å². The highest BCUT2D eigenvalue weighted by Gasteiger charge is 2.28. The van der Waals surface area contributed by atoms with Gasteiger partial charge in [-0.15, -0.1) is 0 Å². The predicted octanol–water partition coefficient (Wildman–Crippen LogP) is -0.169. The summed E-state index contributed by atoms with van der Waals surface area (Å²) in [4.78, 5) is 24.2. The molecule has 1 unspecified atom stereocenters. The summed E-state index contributed by atoms with van der Waals surface area (Å²) < 4.78 is 27.2. The number of hydrogen-bond acceptors (Lipinski definition) is 5. The first kappa shape index (κ1) is 15.9. The maximum Gasteiger partial charge on any atom is 0.325 e. The van der Waals surface area contributed by atoms with Gasteiger partial charge in [0.2, 0.25) is 5.91 Å². The van der Waals surface area contributed by atoms with Crippen LogP contribution in [0.3, 0.4) is 0 Å². The van der Waals surface area contributed by atoms with Crippen LogP contribution in [0.15, 0.2) is 0 Å². The van der Waals surface area contributed by atoms with E-state index in [0.29, 0.717) is 0 Å². The van der Waals surface area contributed by atoms with Crippen molar-refractivity contribution in [2.24, 2.45) is 0 Å². The molecule has 0 saturated carbocycles. The Balaban J connectivity index is 4.68. The molecule has 1 atom stereocenters. The first-order valence-electron chi connectivity index (χ1n) is 5.37. The van der Waals surface area contributed by atoms with Crippen LogP contribution in [-0.4, -0.2) is 56.4 Å². The van der Waals surface area contributed by atoms with Crippen molar-refractivity contribution in [1.82, 2.24) is 4.90 Å². The third-order valence-electron chi connectivity index (χ3n) is 2.31. The molecule has 0 saturated heterocycles. The molecule has 0 rings (SSSR count). The van der Waals surface area contributed by atoms with Gasteiger partial charge in [0.25, 0.3) is 0 Å². The fourth-order valence-electron chi connectivity index (χ4n) is 1.15. The quantitative estimate of drug-likeness (QED) is 0.623. The zero-order valence-electron chi connectivity index (χ0n) is 10.6. The molecule has 0 bridgehead atoms. The van der Waals surface area contributed by atoms with Gasteiger partial charge in [-0.25, -0.2) is 8.42 Å². The predicted molar refractivity (Wildman–Crippen MR) is 63.2 cm³/mol. The van der Waals surface area contributed by atoms with Crippen molar-refractivity contribution >= 4 is 21.7 Å². The molecular weight excluding hydrogens is 246 g/mol. The van der Waals surface area contributed by atoms with E-state index < -0.39 is 27.0 Å². The van der Waals surface area contributed by atoms with Gasteiger partial charge in [0.1, 0.15) is 11.8 Å². The van der Waals surface area contributed by atoms with E-state index in [0.717, 1.165) is 6.26 Å². The maximum absolute atomic E-state index is 11.8. The first-order chi connectivity index (χ1) is 7.73. The van der Waals surface area contributed by atoms with Crippen LogP contribution in [0.1, 0.15) is 20.8 Å². The van der Waals surface area contributed by atoms with Crippen LogP contribution in [0.4, 0.5) is 0 Å². The zero-order chi connectivity index (χ0) is 13.6. The van der Waals surface area contributed by atoms with E-state index in [1.54, 1.807) is 13.8 Å². The molecule has 0 radical (unpaired) electrons. The number of amides is 1. The monoisotopic (exact) mass is 265 g/mol. The van der Waals surface area contributed by atoms with Crippen LogP contribution >= 0.6 is 0 Å². The van der Waals surface area contributed by atoms with Gasteiger partial charge in [0.15, 0.2) is 9.84 Å². The molecule has 0 aliphatic rings. The highest BCUT2D eigenvalue weighted by Crippen LogP contribution is 2.04. The Morgan fingerprint density at radius 1 is 1.29 bits per heavy atom. The maximum atomic E-state index is 11.8. The van der Waals surface area contributed by atoms with Crippen LogP contribution in [0, 0.1) is 0 Å². The Hall–Kier alpha value is -1.11. The number of esters is 1. The molecule has 17 heavy (non-hydrogen) atoms. The third-order valence-corrected chi connectivity index (χ3v) is 3.79. The van der Waals surface area contributed by atoms with Crippen molar-refractivity contribution in [1.29, 1.82) is 0 Å². The minimum absolute atomic E-state index is 0.219. The van der Waals surface area contributed by atoms with E-state index in [1.165, 1.54) is 11.8 Å². The molecule has 100 valence electrons. The number of carbonyl (C=O) groups excluding carboxylic acids is 2. The smallest absolute Gasteiger partial charge is 0.325 e. The third kappa shape index (κ3) is 5.16. The molecule has 0 heterocycles. The van der Waals surface area contributed by atoms with Gasteiger partial charge in [0.05, 0.1) is 6.61 Å². The van der Waals surface area contributed by atoms with Crippen molar-refractivity contribution in [2.75, 3.05) is 26.0 Å². The topological polar surface area (TPSA) is 80.8 Å². The van der Waals surface area contributed by atoms with Gasteiger partial charge in [0, 0.05) is 12.8 Å². The summed E-state index contributed by atoms with van der Waals surface area (Å²) >= 11 is 0. The fraction of sp³-hybridized carbons (Fsp3) is 0.800. The lowest BCUT2D eigenvalue weighted by atomic mass is 10.3. The van der Waals surface area contributed by atoms with Crippen molar-refractivity contribution in [3.8, 4) is 0 Å². The van der Waals surface area contributed by atoms with Crippen molar-refractivity contribution in [3.05, 3.63) is 0 Å². The van der Waals surface area contributed by atoms with Gasteiger partial charge < -0.3 is 9.64 Å². The van der Waals surface area contributed by atoms with E-state index in [-0.39, 0.29) is 19.7 Å². The van der Waals surface area contributed by atoms with Crippen molar-refractivity contribution < 1.29 is 22.7 Å². The average Bonchev–Trinajstić information content (AvgIpc) is 2.23. The van der Waals surface area contributed by atoms with Gasteiger partial charge in [-0.2, -0.15) is 0 Å². The molecular formula is C10H19NO5S. The SMILES string of the molecule is CCOC(=O)CN(CC)C(=O)C(C)S(C)(=O)=O. The number of ether oxygens (including phenoxy) is 1. The summed E-state index contributed by atoms with van der Waals surface area (Å²) in [7, 11) is -3.45. The summed E-state index contributed by atoms with van der Waals surface area (Å²) in [5, 5.41) is -1.14. The lowest BCUT2D eigenvalue weighted by Crippen LogP contribution is -2.43. The number of carbonyl (C=O) groups is 2. The molecule has 1 amide bonds. The minimum Gasteiger partial charge on any atom is -0.465 e. The van der Waals surface area contributed by atoms with Gasteiger partial charge >= 0.3 is 5.97 Å². The van der Waals surface area contributed by atoms with Crippen molar-refractivity contribution in [2.45, 2.75) is 26.0 Å². The second-order valence-electron chi connectivity index (χ2n) is 3.63. The van der Waals surface area contributed by atoms with Crippen LogP contribution in [-0.2, 0) is 24.2 Å². The Kier molecular flexibility index (Phi) is 6.15. The molecule has 0 fully saturated rings. The number of nitrogens with zero attached hydrogens (tertiary/aromatic N) is 1. The normalized spacial score (nSPS) is 12.9. The minimum atomic E-state index is -3.45. The van der Waals surface area contributed by atoms with E-state index in [2.05, 4.69) is 0 Å². The lowest BCUT2D eigenvalue weighted by molar-refractivity contribution is -0.148. The van der Waals surface area contributed by atoms with E-state index in [9.17, 15) is 18.0 Å². The Labute approximate surface area is 102 Å². The summed E-state index contributed by atoms with van der Waals surface area (Å²) in [6.07, 6.45) is 0.994. The number of rotatable bonds is 6. The van der Waals surface area contributed by atoms with Crippen LogP contribution < -0.4 is 0 Å². The van der Waals surface area contributed by atoms with Gasteiger partial charge in [-0.1, -0.05) is 0 Å². The van der Waals surface area contributed by atoms with Crippen LogP contribution in [0.5, 0.6) is 0 Å². The van der Waals surface area contributed by atoms with E-state index >= 15 is 0 Å². The summed E-state index contributed by atoms with van der Waals surface area (Å²) in [5.41, 5.74) is 0. The fourth-order valence-corrected chi connectivity index (χ4v) is 1.66. The molecule has 0 aromatic heterocycles. The zero-order valence-corrected chi connectivity index (χ0v) is 11.4. The Morgan fingerprint density at radius 2 is 1.82 bits per heavy atom. The van der Waals surface area contributed by atoms with Crippen LogP contribution in [0.2, 0.25) is 0 Å². The van der Waals surface area contributed by atoms with E-state index in [1.807, 2.05) is 0 Å². The molecule has 0 aliphatic carbocycles. The summed E-state index contributed by atoms with van der Waals surface area (Å²) in [6.45, 7) is 4.92. The number of sulfone groups is 1. The highest BCUT2D eigenvalue weighted by atomic mass is 32.2. The summed E-state index contributed by atoms with van der Waals surface area (Å²) in [5.74, 6) is -1.12. The van der Waals surface area contributed by atoms with Gasteiger partial charge in [-0.05, 0) is 20.8 Å². The van der Waals surface area contributed by atoms with Crippen LogP contribution in [0.25, 0.3) is 0 Å². The Bertz CT molecular complexity index is 376. The highest BCUT2D eigenvalue weighted by molar-refractivity contribution is 7.92. The first-order valence-corrected chi connectivity index (χ1v) is 7.32. The standard InChI is InChI=1S/C10H19NO5S/c1-5-11(7-9(12)16-6-2)10(13)8(3)17(4,14)15/h8H,5-7H2,1-4H3. The largest absolute Gasteiger partial charge is 0.465 e. The average molecular weight is 265 g/mol. The van der Waals surface area contributed by atoms with Gasteiger partial charge in [-0.3, -0.25) is 9.59 Å². The molecule has 0 spiro atoms. The number of hydrogen-bond donors (Lipinski definition) is 0. The molecule has 7 heteroatoms. The van der Waals surface area contributed by atoms with E-state index in [4.69, 9.17) is 4.74 Å². The second-order valence-corrected chi connectivity index (χ2v) is 6.00. The summed E-state index contributed by atoms with van der Waals surface area (Å²) in [6, 6.07) is 0. The molecule has 0 N–H and O–H groups in total. The molecule has 0 aromatic carbocycles. The second kappa shape index (κ2) is 6.58. The Morgan fingerprint density at radius 3 is 2.18 bits per heavy atom. The molecule has 0 aromatic rings. The number of likely N-dealkylation sites (N-methyl/N-ethyl adjacent to an activating group) is 1. The molecule has 0 aliphatic heterocycles. The molecule has 6 nitrogen and oxygen atoms in total. The lowest BCUT2D eigenvalue weighted by Gasteiger charge is -2.22.